The van der Waals surface area contributed by atoms with Crippen molar-refractivity contribution in [1.82, 2.24) is 20.4 Å². The maximum atomic E-state index is 13.8. The van der Waals surface area contributed by atoms with Gasteiger partial charge >= 0.3 is 0 Å². The summed E-state index contributed by atoms with van der Waals surface area (Å²) in [5.74, 6) is 0.480. The first-order valence-electron chi connectivity index (χ1n) is 10.5. The summed E-state index contributed by atoms with van der Waals surface area (Å²) in [6.07, 6.45) is 3.26. The van der Waals surface area contributed by atoms with Gasteiger partial charge in [0.05, 0.1) is 22.7 Å². The predicted molar refractivity (Wildman–Crippen MR) is 111 cm³/mol. The average molecular weight is 390 g/mol. The summed E-state index contributed by atoms with van der Waals surface area (Å²) in [5, 5.41) is 8.27. The smallest absolute Gasteiger partial charge is 0.259 e. The molecule has 1 aromatic carbocycles. The Morgan fingerprint density at radius 2 is 2.07 bits per heavy atom. The van der Waals surface area contributed by atoms with Crippen LogP contribution < -0.4 is 5.32 Å². The fourth-order valence-electron chi connectivity index (χ4n) is 4.25. The van der Waals surface area contributed by atoms with Crippen molar-refractivity contribution in [2.45, 2.75) is 45.1 Å². The first kappa shape index (κ1) is 18.3. The molecule has 2 aromatic heterocycles. The number of fused-ring (bicyclic) bond motifs is 1. The summed E-state index contributed by atoms with van der Waals surface area (Å²) >= 11 is 0. The Labute approximate surface area is 170 Å². The van der Waals surface area contributed by atoms with Crippen molar-refractivity contribution in [2.75, 3.05) is 19.6 Å². The molecule has 1 aliphatic heterocycles. The minimum atomic E-state index is 0.00918. The fraction of sp³-hybridized carbons (Fsp3) is 0.435. The number of piperazine rings is 1. The van der Waals surface area contributed by atoms with Crippen LogP contribution in [0.4, 0.5) is 0 Å². The van der Waals surface area contributed by atoms with E-state index in [9.17, 15) is 4.79 Å². The van der Waals surface area contributed by atoms with E-state index in [1.165, 1.54) is 5.56 Å². The molecule has 0 radical (unpaired) electrons. The summed E-state index contributed by atoms with van der Waals surface area (Å²) in [6, 6.07) is 10.6. The van der Waals surface area contributed by atoms with Crippen LogP contribution in [0, 0.1) is 6.92 Å². The van der Waals surface area contributed by atoms with E-state index in [-0.39, 0.29) is 11.9 Å². The van der Waals surface area contributed by atoms with Crippen molar-refractivity contribution in [2.24, 2.45) is 0 Å². The molecule has 2 aliphatic rings. The Morgan fingerprint density at radius 1 is 1.28 bits per heavy atom. The summed E-state index contributed by atoms with van der Waals surface area (Å²) in [5.41, 5.74) is 5.30. The van der Waals surface area contributed by atoms with Gasteiger partial charge in [0.15, 0.2) is 0 Å². The largest absolute Gasteiger partial charge is 0.336 e. The van der Waals surface area contributed by atoms with Gasteiger partial charge < -0.3 is 14.7 Å². The van der Waals surface area contributed by atoms with Crippen LogP contribution in [0.1, 0.15) is 64.6 Å². The molecule has 3 heterocycles. The highest BCUT2D eigenvalue weighted by atomic mass is 16.5. The van der Waals surface area contributed by atoms with Gasteiger partial charge in [-0.2, -0.15) is 0 Å². The summed E-state index contributed by atoms with van der Waals surface area (Å²) in [4.78, 5) is 20.4. The third-order valence-electron chi connectivity index (χ3n) is 6.14. The number of aryl methyl sites for hydroxylation is 2. The summed E-state index contributed by atoms with van der Waals surface area (Å²) in [7, 11) is 0. The minimum absolute atomic E-state index is 0.00918. The Hall–Kier alpha value is -2.73. The molecule has 0 spiro atoms. The van der Waals surface area contributed by atoms with Crippen LogP contribution in [0.3, 0.4) is 0 Å². The number of pyridine rings is 1. The van der Waals surface area contributed by atoms with Crippen molar-refractivity contribution in [1.29, 1.82) is 0 Å². The standard InChI is InChI=1S/C23H26N4O2/c1-3-15-4-6-17(7-5-15)20-13-24-10-11-27(20)23(28)18-12-19(16-8-9-16)25-22-21(18)14(2)26-29-22/h4-7,12,16,20,24H,3,8-11,13H2,1-2H3. The van der Waals surface area contributed by atoms with E-state index in [4.69, 9.17) is 4.52 Å². The Bertz CT molecular complexity index is 1050. The van der Waals surface area contributed by atoms with Crippen LogP contribution in [0.2, 0.25) is 0 Å². The van der Waals surface area contributed by atoms with Crippen molar-refractivity contribution in [3.05, 3.63) is 58.4 Å². The molecule has 1 amide bonds. The van der Waals surface area contributed by atoms with Gasteiger partial charge in [-0.15, -0.1) is 0 Å². The van der Waals surface area contributed by atoms with Gasteiger partial charge in [0.1, 0.15) is 0 Å². The molecule has 1 N–H and O–H groups in total. The van der Waals surface area contributed by atoms with Gasteiger partial charge in [-0.05, 0) is 43.4 Å². The average Bonchev–Trinajstić information content (AvgIpc) is 3.56. The number of nitrogens with one attached hydrogen (secondary N) is 1. The van der Waals surface area contributed by atoms with Crippen LogP contribution >= 0.6 is 0 Å². The van der Waals surface area contributed by atoms with E-state index < -0.39 is 0 Å². The third kappa shape index (κ3) is 3.31. The third-order valence-corrected chi connectivity index (χ3v) is 6.14. The molecule has 1 atom stereocenters. The van der Waals surface area contributed by atoms with Gasteiger partial charge in [-0.25, -0.2) is 4.98 Å². The molecule has 1 aliphatic carbocycles. The number of rotatable bonds is 4. The SMILES string of the molecule is CCc1ccc(C2CNCCN2C(=O)c2cc(C3CC3)nc3onc(C)c23)cc1. The van der Waals surface area contributed by atoms with Crippen LogP contribution in [0.15, 0.2) is 34.9 Å². The monoisotopic (exact) mass is 390 g/mol. The number of amides is 1. The zero-order valence-electron chi connectivity index (χ0n) is 16.9. The van der Waals surface area contributed by atoms with Crippen molar-refractivity contribution in [3.8, 4) is 0 Å². The van der Waals surface area contributed by atoms with Crippen LogP contribution in [-0.2, 0) is 6.42 Å². The maximum Gasteiger partial charge on any atom is 0.259 e. The van der Waals surface area contributed by atoms with Crippen molar-refractivity contribution in [3.63, 3.8) is 0 Å². The lowest BCUT2D eigenvalue weighted by molar-refractivity contribution is 0.0636. The van der Waals surface area contributed by atoms with Crippen molar-refractivity contribution >= 4 is 17.0 Å². The van der Waals surface area contributed by atoms with Crippen molar-refractivity contribution < 1.29 is 9.32 Å². The molecule has 6 heteroatoms. The molecule has 1 saturated carbocycles. The van der Waals surface area contributed by atoms with E-state index in [1.807, 2.05) is 17.9 Å². The van der Waals surface area contributed by atoms with Gasteiger partial charge in [-0.3, -0.25) is 4.79 Å². The van der Waals surface area contributed by atoms with E-state index >= 15 is 0 Å². The molecule has 6 nitrogen and oxygen atoms in total. The quantitative estimate of drug-likeness (QED) is 0.734. The first-order valence-corrected chi connectivity index (χ1v) is 10.5. The molecule has 1 saturated heterocycles. The molecule has 3 aromatic rings. The lowest BCUT2D eigenvalue weighted by atomic mass is 9.99. The second kappa shape index (κ2) is 7.26. The second-order valence-electron chi connectivity index (χ2n) is 8.13. The highest BCUT2D eigenvalue weighted by Crippen LogP contribution is 2.41. The van der Waals surface area contributed by atoms with Gasteiger partial charge in [0.25, 0.3) is 11.6 Å². The molecule has 150 valence electrons. The Balaban J connectivity index is 1.55. The molecular weight excluding hydrogens is 364 g/mol. The predicted octanol–water partition coefficient (Wildman–Crippen LogP) is 3.76. The minimum Gasteiger partial charge on any atom is -0.336 e. The van der Waals surface area contributed by atoms with Gasteiger partial charge in [0, 0.05) is 31.2 Å². The number of nitrogens with zero attached hydrogens (tertiary/aromatic N) is 3. The van der Waals surface area contributed by atoms with Crippen LogP contribution in [0.5, 0.6) is 0 Å². The van der Waals surface area contributed by atoms with Gasteiger partial charge in [-0.1, -0.05) is 36.3 Å². The Kier molecular flexibility index (Phi) is 4.59. The zero-order valence-corrected chi connectivity index (χ0v) is 16.9. The topological polar surface area (TPSA) is 71.3 Å². The molecule has 5 rings (SSSR count). The lowest BCUT2D eigenvalue weighted by Crippen LogP contribution is -2.48. The number of hydrogen-bond donors (Lipinski definition) is 1. The van der Waals surface area contributed by atoms with E-state index in [1.54, 1.807) is 0 Å². The van der Waals surface area contributed by atoms with E-state index in [0.29, 0.717) is 23.7 Å². The number of hydrogen-bond acceptors (Lipinski definition) is 5. The molecule has 2 fully saturated rings. The number of benzene rings is 1. The second-order valence-corrected chi connectivity index (χ2v) is 8.13. The van der Waals surface area contributed by atoms with E-state index in [2.05, 4.69) is 46.6 Å². The normalized spacial score (nSPS) is 19.7. The number of aromatic nitrogens is 2. The maximum absolute atomic E-state index is 13.8. The van der Waals surface area contributed by atoms with Crippen LogP contribution in [0.25, 0.3) is 11.1 Å². The highest BCUT2D eigenvalue weighted by Gasteiger charge is 2.33. The van der Waals surface area contributed by atoms with E-state index in [0.717, 1.165) is 54.7 Å². The first-order chi connectivity index (χ1) is 14.2. The molecule has 29 heavy (non-hydrogen) atoms. The molecular formula is C23H26N4O2. The summed E-state index contributed by atoms with van der Waals surface area (Å²) in [6.45, 7) is 6.25. The van der Waals surface area contributed by atoms with Crippen LogP contribution in [-0.4, -0.2) is 40.6 Å². The fourth-order valence-corrected chi connectivity index (χ4v) is 4.25. The zero-order chi connectivity index (χ0) is 20.0. The highest BCUT2D eigenvalue weighted by molar-refractivity contribution is 6.06. The number of carbonyl (C=O) groups excluding carboxylic acids is 1. The molecule has 0 bridgehead atoms. The lowest BCUT2D eigenvalue weighted by Gasteiger charge is -2.37. The Morgan fingerprint density at radius 3 is 2.79 bits per heavy atom. The summed E-state index contributed by atoms with van der Waals surface area (Å²) < 4.78 is 5.44. The van der Waals surface area contributed by atoms with Gasteiger partial charge in [0.2, 0.25) is 0 Å². The molecule has 1 unspecified atom stereocenters. The number of carbonyl (C=O) groups is 1.